The van der Waals surface area contributed by atoms with Crippen LogP contribution in [0.5, 0.6) is 0 Å². The highest BCUT2D eigenvalue weighted by Gasteiger charge is 2.15. The third-order valence-electron chi connectivity index (χ3n) is 3.94. The Labute approximate surface area is 88.0 Å². The predicted octanol–water partition coefficient (Wildman–Crippen LogP) is 4.13. The molecule has 0 unspecified atom stereocenters. The summed E-state index contributed by atoms with van der Waals surface area (Å²) in [6, 6.07) is 0. The molecular weight excluding hydrogens is 168 g/mol. The fourth-order valence-electron chi connectivity index (χ4n) is 1.97. The molecule has 0 aliphatic rings. The van der Waals surface area contributed by atoms with E-state index in [2.05, 4.69) is 48.5 Å². The zero-order valence-corrected chi connectivity index (χ0v) is 10.5. The minimum Gasteiger partial charge on any atom is -0.0255 e. The molecule has 0 saturated carbocycles. The zero-order valence-electron chi connectivity index (χ0n) is 10.5. The van der Waals surface area contributed by atoms with E-state index in [1.807, 2.05) is 0 Å². The van der Waals surface area contributed by atoms with Crippen molar-refractivity contribution in [3.8, 4) is 0 Å². The molecule has 0 heteroatoms. The molecule has 0 aliphatic heterocycles. The van der Waals surface area contributed by atoms with Crippen molar-refractivity contribution < 1.29 is 0 Å². The van der Waals surface area contributed by atoms with Gasteiger partial charge in [-0.1, -0.05) is 0 Å². The van der Waals surface area contributed by atoms with Crippen molar-refractivity contribution >= 4 is 0 Å². The summed E-state index contributed by atoms with van der Waals surface area (Å²) in [4.78, 5) is 0. The molecule has 0 atom stereocenters. The van der Waals surface area contributed by atoms with Gasteiger partial charge in [-0.05, 0) is 27.7 Å². The summed E-state index contributed by atoms with van der Waals surface area (Å²) in [5, 5.41) is 0. The molecule has 0 spiro atoms. The van der Waals surface area contributed by atoms with E-state index in [0.717, 1.165) is 0 Å². The van der Waals surface area contributed by atoms with Gasteiger partial charge in [-0.15, -0.1) is 0 Å². The molecule has 0 saturated heterocycles. The van der Waals surface area contributed by atoms with Crippen LogP contribution in [0.4, 0.5) is 0 Å². The van der Waals surface area contributed by atoms with Crippen molar-refractivity contribution in [2.75, 3.05) is 0 Å². The first kappa shape index (κ1) is 11.2. The lowest BCUT2D eigenvalue weighted by Gasteiger charge is -1.95. The molecule has 0 radical (unpaired) electrons. The fourth-order valence-corrected chi connectivity index (χ4v) is 1.97. The summed E-state index contributed by atoms with van der Waals surface area (Å²) in [6.45, 7) is 15.6. The SMILES string of the molecule is Cc1c(C)c(C)c(C)[c+](C)c(C)c1C. The van der Waals surface area contributed by atoms with Crippen LogP contribution in [-0.4, -0.2) is 0 Å². The van der Waals surface area contributed by atoms with Gasteiger partial charge in [-0.2, -0.15) is 0 Å². The Morgan fingerprint density at radius 1 is 0.571 bits per heavy atom. The van der Waals surface area contributed by atoms with E-state index in [1.54, 1.807) is 0 Å². The van der Waals surface area contributed by atoms with Crippen LogP contribution in [0.3, 0.4) is 0 Å². The first-order chi connectivity index (χ1) is 6.37. The Morgan fingerprint density at radius 3 is 1.14 bits per heavy atom. The fraction of sp³-hybridized carbons (Fsp3) is 0.500. The van der Waals surface area contributed by atoms with Gasteiger partial charge in [0.1, 0.15) is 0 Å². The molecular formula is C14H21+. The van der Waals surface area contributed by atoms with Crippen molar-refractivity contribution in [1.82, 2.24) is 0 Å². The lowest BCUT2D eigenvalue weighted by atomic mass is 10.0. The van der Waals surface area contributed by atoms with Crippen LogP contribution < -0.4 is 0 Å². The van der Waals surface area contributed by atoms with Crippen molar-refractivity contribution in [3.63, 3.8) is 0 Å². The lowest BCUT2D eigenvalue weighted by Crippen LogP contribution is -1.85. The maximum atomic E-state index is 2.23. The Morgan fingerprint density at radius 2 is 0.857 bits per heavy atom. The van der Waals surface area contributed by atoms with E-state index in [1.165, 1.54) is 38.9 Å². The summed E-state index contributed by atoms with van der Waals surface area (Å²) < 4.78 is 0. The van der Waals surface area contributed by atoms with Crippen LogP contribution in [0.1, 0.15) is 38.9 Å². The van der Waals surface area contributed by atoms with E-state index >= 15 is 0 Å². The van der Waals surface area contributed by atoms with Gasteiger partial charge in [-0.3, -0.25) is 0 Å². The topological polar surface area (TPSA) is 0 Å². The van der Waals surface area contributed by atoms with E-state index in [4.69, 9.17) is 0 Å². The zero-order chi connectivity index (χ0) is 11.0. The van der Waals surface area contributed by atoms with Crippen LogP contribution in [-0.2, 0) is 0 Å². The van der Waals surface area contributed by atoms with Gasteiger partial charge in [0.15, 0.2) is 0 Å². The van der Waals surface area contributed by atoms with Crippen molar-refractivity contribution in [3.05, 3.63) is 38.9 Å². The third kappa shape index (κ3) is 1.54. The highest BCUT2D eigenvalue weighted by molar-refractivity contribution is 5.48. The van der Waals surface area contributed by atoms with Crippen LogP contribution >= 0.6 is 0 Å². The van der Waals surface area contributed by atoms with Gasteiger partial charge in [-0.25, -0.2) is 0 Å². The minimum atomic E-state index is 1.44. The van der Waals surface area contributed by atoms with Crippen molar-refractivity contribution in [1.29, 1.82) is 0 Å². The summed E-state index contributed by atoms with van der Waals surface area (Å²) >= 11 is 0. The minimum absolute atomic E-state index is 1.44. The van der Waals surface area contributed by atoms with Crippen LogP contribution in [0.2, 0.25) is 0 Å². The standard InChI is InChI=1S/C14H21/c1-8-9(2)11(4)13(6)14(7)12(5)10(8)3/h1-7H3/q+1. The maximum Gasteiger partial charge on any atom is 0.0628 e. The van der Waals surface area contributed by atoms with E-state index in [0.29, 0.717) is 0 Å². The average molecular weight is 189 g/mol. The second-order valence-corrected chi connectivity index (χ2v) is 4.38. The van der Waals surface area contributed by atoms with Crippen LogP contribution in [0.25, 0.3) is 0 Å². The molecule has 76 valence electrons. The van der Waals surface area contributed by atoms with Crippen molar-refractivity contribution in [2.24, 2.45) is 0 Å². The second kappa shape index (κ2) is 3.68. The van der Waals surface area contributed by atoms with Gasteiger partial charge in [0.2, 0.25) is 0 Å². The van der Waals surface area contributed by atoms with E-state index < -0.39 is 0 Å². The van der Waals surface area contributed by atoms with Crippen LogP contribution in [0, 0.1) is 48.5 Å². The quantitative estimate of drug-likeness (QED) is 0.538. The molecule has 0 heterocycles. The largest absolute Gasteiger partial charge is 0.0628 e. The number of rotatable bonds is 0. The predicted molar refractivity (Wildman–Crippen MR) is 64.0 cm³/mol. The molecule has 0 aliphatic carbocycles. The van der Waals surface area contributed by atoms with E-state index in [9.17, 15) is 0 Å². The Kier molecular flexibility index (Phi) is 2.94. The summed E-state index contributed by atoms with van der Waals surface area (Å²) in [7, 11) is 0. The Balaban J connectivity index is 3.86. The molecule has 0 amide bonds. The number of hydrogen-bond acceptors (Lipinski definition) is 0. The highest BCUT2D eigenvalue weighted by atomic mass is 14.1. The molecule has 1 rings (SSSR count). The molecule has 1 aromatic rings. The lowest BCUT2D eigenvalue weighted by molar-refractivity contribution is 1.23. The average Bonchev–Trinajstić information content (AvgIpc) is 2.23. The highest BCUT2D eigenvalue weighted by Crippen LogP contribution is 2.24. The summed E-state index contributed by atoms with van der Waals surface area (Å²) in [5.74, 6) is 0. The second-order valence-electron chi connectivity index (χ2n) is 4.38. The molecule has 0 fully saturated rings. The van der Waals surface area contributed by atoms with E-state index in [-0.39, 0.29) is 0 Å². The normalized spacial score (nSPS) is 10.5. The first-order valence-electron chi connectivity index (χ1n) is 5.25. The Bertz CT molecular complexity index is 259. The van der Waals surface area contributed by atoms with Gasteiger partial charge >= 0.3 is 0 Å². The maximum absolute atomic E-state index is 2.23. The Hall–Kier alpha value is -0.910. The van der Waals surface area contributed by atoms with Gasteiger partial charge in [0.05, 0.1) is 16.7 Å². The van der Waals surface area contributed by atoms with Gasteiger partial charge in [0.25, 0.3) is 0 Å². The smallest absolute Gasteiger partial charge is 0.0255 e. The summed E-state index contributed by atoms with van der Waals surface area (Å²) in [6.07, 6.45) is 0. The number of hydrogen-bond donors (Lipinski definition) is 0. The molecule has 0 N–H and O–H groups in total. The van der Waals surface area contributed by atoms with Gasteiger partial charge < -0.3 is 0 Å². The van der Waals surface area contributed by atoms with Crippen LogP contribution in [0.15, 0.2) is 0 Å². The molecule has 14 heavy (non-hydrogen) atoms. The first-order valence-corrected chi connectivity index (χ1v) is 5.25. The molecule has 0 aromatic heterocycles. The molecule has 0 bridgehead atoms. The molecule has 0 nitrogen and oxygen atoms in total. The summed E-state index contributed by atoms with van der Waals surface area (Å²) in [5.41, 5.74) is 10.1. The van der Waals surface area contributed by atoms with Crippen molar-refractivity contribution in [2.45, 2.75) is 48.5 Å². The monoisotopic (exact) mass is 189 g/mol. The molecule has 1 aromatic carbocycles. The van der Waals surface area contributed by atoms with Gasteiger partial charge in [0, 0.05) is 43.0 Å². The third-order valence-corrected chi connectivity index (χ3v) is 3.94.